The first kappa shape index (κ1) is 10.6. The van der Waals surface area contributed by atoms with Gasteiger partial charge in [-0.2, -0.15) is 0 Å². The number of pyridine rings is 1. The number of benzene rings is 1. The van der Waals surface area contributed by atoms with Gasteiger partial charge in [-0.3, -0.25) is 9.98 Å². The van der Waals surface area contributed by atoms with Gasteiger partial charge >= 0.3 is 0 Å². The van der Waals surface area contributed by atoms with Crippen molar-refractivity contribution in [1.29, 1.82) is 0 Å². The Morgan fingerprint density at radius 2 is 2.12 bits per heavy atom. The molecule has 2 aromatic rings. The van der Waals surface area contributed by atoms with Crippen LogP contribution in [-0.4, -0.2) is 11.7 Å². The Hall–Kier alpha value is -1.96. The summed E-state index contributed by atoms with van der Waals surface area (Å²) in [6.07, 6.45) is 3.88. The van der Waals surface area contributed by atoms with Crippen molar-refractivity contribution in [3.63, 3.8) is 0 Å². The lowest BCUT2D eigenvalue weighted by molar-refractivity contribution is 1.38. The number of hydrogen-bond donors (Lipinski definition) is 0. The number of aromatic nitrogens is 1. The van der Waals surface area contributed by atoms with Gasteiger partial charge < -0.3 is 0 Å². The zero-order valence-electron chi connectivity index (χ0n) is 9.57. The average molecular weight is 210 g/mol. The highest BCUT2D eigenvalue weighted by Crippen LogP contribution is 2.29. The fraction of sp³-hybridized carbons (Fsp3) is 0.143. The van der Waals surface area contributed by atoms with Gasteiger partial charge in [-0.1, -0.05) is 29.8 Å². The number of allylic oxidation sites excluding steroid dienone is 1. The smallest absolute Gasteiger partial charge is 0.0964 e. The van der Waals surface area contributed by atoms with Crippen LogP contribution in [0.2, 0.25) is 0 Å². The third-order valence-electron chi connectivity index (χ3n) is 2.38. The van der Waals surface area contributed by atoms with Crippen LogP contribution in [0.4, 0.5) is 5.69 Å². The summed E-state index contributed by atoms with van der Waals surface area (Å²) < 4.78 is 0. The molecule has 0 aliphatic rings. The summed E-state index contributed by atoms with van der Waals surface area (Å²) in [6, 6.07) is 8.08. The molecule has 0 bridgehead atoms. The topological polar surface area (TPSA) is 25.2 Å². The molecule has 1 heterocycles. The third-order valence-corrected chi connectivity index (χ3v) is 2.38. The molecule has 0 fully saturated rings. The Balaban J connectivity index is 2.78. The highest BCUT2D eigenvalue weighted by molar-refractivity contribution is 5.94. The second-order valence-corrected chi connectivity index (χ2v) is 3.96. The van der Waals surface area contributed by atoms with Gasteiger partial charge in [0.15, 0.2) is 0 Å². The van der Waals surface area contributed by atoms with Crippen LogP contribution in [-0.2, 0) is 0 Å². The molecule has 0 aliphatic heterocycles. The van der Waals surface area contributed by atoms with Gasteiger partial charge in [0.25, 0.3) is 0 Å². The SMILES string of the molecule is C=Nc1c(C=C(C)C)ccc2cccnc12. The molecule has 1 aromatic carbocycles. The normalized spacial score (nSPS) is 10.1. The van der Waals surface area contributed by atoms with Crippen molar-refractivity contribution in [3.05, 3.63) is 41.6 Å². The van der Waals surface area contributed by atoms with Crippen LogP contribution in [0.5, 0.6) is 0 Å². The van der Waals surface area contributed by atoms with E-state index in [1.54, 1.807) is 6.20 Å². The summed E-state index contributed by atoms with van der Waals surface area (Å²) in [5.74, 6) is 0. The third kappa shape index (κ3) is 1.87. The lowest BCUT2D eigenvalue weighted by Gasteiger charge is -2.05. The Bertz CT molecular complexity index is 564. The van der Waals surface area contributed by atoms with E-state index in [4.69, 9.17) is 0 Å². The second kappa shape index (κ2) is 4.27. The van der Waals surface area contributed by atoms with Gasteiger partial charge in [0.05, 0.1) is 11.2 Å². The quantitative estimate of drug-likeness (QED) is 0.688. The molecule has 0 unspecified atom stereocenters. The molecular weight excluding hydrogens is 196 g/mol. The molecule has 2 rings (SSSR count). The Kier molecular flexibility index (Phi) is 2.82. The Labute approximate surface area is 95.4 Å². The van der Waals surface area contributed by atoms with Gasteiger partial charge in [0.2, 0.25) is 0 Å². The van der Waals surface area contributed by atoms with E-state index >= 15 is 0 Å². The maximum atomic E-state index is 4.36. The zero-order valence-corrected chi connectivity index (χ0v) is 9.57. The minimum atomic E-state index is 0.860. The van der Waals surface area contributed by atoms with E-state index in [9.17, 15) is 0 Å². The summed E-state index contributed by atoms with van der Waals surface area (Å²) in [6.45, 7) is 7.76. The standard InChI is InChI=1S/C14H14N2/c1-10(2)9-12-7-6-11-5-4-8-16-14(11)13(12)15-3/h4-9H,3H2,1-2H3. The van der Waals surface area contributed by atoms with Gasteiger partial charge in [-0.05, 0) is 26.6 Å². The molecule has 1 aromatic heterocycles. The molecule has 0 spiro atoms. The molecule has 0 saturated carbocycles. The molecule has 0 radical (unpaired) electrons. The molecule has 16 heavy (non-hydrogen) atoms. The lowest BCUT2D eigenvalue weighted by Crippen LogP contribution is -1.82. The molecule has 80 valence electrons. The fourth-order valence-corrected chi connectivity index (χ4v) is 1.74. The molecule has 0 amide bonds. The Morgan fingerprint density at radius 3 is 2.81 bits per heavy atom. The number of nitrogens with zero attached hydrogens (tertiary/aromatic N) is 2. The van der Waals surface area contributed by atoms with Crippen molar-refractivity contribution in [2.45, 2.75) is 13.8 Å². The molecule has 0 N–H and O–H groups in total. The first-order valence-corrected chi connectivity index (χ1v) is 5.22. The van der Waals surface area contributed by atoms with Crippen molar-refractivity contribution in [2.75, 3.05) is 0 Å². The van der Waals surface area contributed by atoms with Crippen molar-refractivity contribution >= 4 is 29.4 Å². The number of rotatable bonds is 2. The maximum absolute atomic E-state index is 4.36. The summed E-state index contributed by atoms with van der Waals surface area (Å²) in [7, 11) is 0. The van der Waals surface area contributed by atoms with Crippen molar-refractivity contribution in [2.24, 2.45) is 4.99 Å². The minimum Gasteiger partial charge on any atom is -0.262 e. The fourth-order valence-electron chi connectivity index (χ4n) is 1.74. The van der Waals surface area contributed by atoms with E-state index in [0.29, 0.717) is 0 Å². The number of hydrogen-bond acceptors (Lipinski definition) is 2. The molecular formula is C14H14N2. The van der Waals surface area contributed by atoms with Crippen LogP contribution in [0.15, 0.2) is 41.0 Å². The van der Waals surface area contributed by atoms with Gasteiger partial charge in [0, 0.05) is 17.1 Å². The van der Waals surface area contributed by atoms with Crippen molar-refractivity contribution < 1.29 is 0 Å². The van der Waals surface area contributed by atoms with Crippen LogP contribution in [0.25, 0.3) is 17.0 Å². The van der Waals surface area contributed by atoms with Gasteiger partial charge in [-0.25, -0.2) is 0 Å². The monoisotopic (exact) mass is 210 g/mol. The molecule has 2 nitrogen and oxygen atoms in total. The minimum absolute atomic E-state index is 0.860. The van der Waals surface area contributed by atoms with Crippen LogP contribution in [0, 0.1) is 0 Å². The van der Waals surface area contributed by atoms with Crippen LogP contribution in [0.1, 0.15) is 19.4 Å². The van der Waals surface area contributed by atoms with Crippen LogP contribution >= 0.6 is 0 Å². The first-order valence-electron chi connectivity index (χ1n) is 5.22. The highest BCUT2D eigenvalue weighted by Gasteiger charge is 2.04. The van der Waals surface area contributed by atoms with E-state index in [0.717, 1.165) is 22.2 Å². The largest absolute Gasteiger partial charge is 0.262 e. The van der Waals surface area contributed by atoms with E-state index in [-0.39, 0.29) is 0 Å². The van der Waals surface area contributed by atoms with E-state index in [1.165, 1.54) is 5.57 Å². The summed E-state index contributed by atoms with van der Waals surface area (Å²) in [5, 5.41) is 1.09. The summed E-state index contributed by atoms with van der Waals surface area (Å²) >= 11 is 0. The number of aliphatic imine (C=N–C) groups is 1. The second-order valence-electron chi connectivity index (χ2n) is 3.96. The van der Waals surface area contributed by atoms with E-state index in [1.807, 2.05) is 12.1 Å². The maximum Gasteiger partial charge on any atom is 0.0964 e. The number of fused-ring (bicyclic) bond motifs is 1. The van der Waals surface area contributed by atoms with Crippen molar-refractivity contribution in [1.82, 2.24) is 4.98 Å². The molecule has 0 atom stereocenters. The van der Waals surface area contributed by atoms with Crippen molar-refractivity contribution in [3.8, 4) is 0 Å². The molecule has 0 aliphatic carbocycles. The highest BCUT2D eigenvalue weighted by atomic mass is 14.8. The summed E-state index contributed by atoms with van der Waals surface area (Å²) in [5.41, 5.74) is 4.08. The van der Waals surface area contributed by atoms with E-state index < -0.39 is 0 Å². The zero-order chi connectivity index (χ0) is 11.5. The lowest BCUT2D eigenvalue weighted by atomic mass is 10.1. The molecule has 0 saturated heterocycles. The van der Waals surface area contributed by atoms with Crippen LogP contribution < -0.4 is 0 Å². The summed E-state index contributed by atoms with van der Waals surface area (Å²) in [4.78, 5) is 8.45. The molecule has 2 heteroatoms. The first-order chi connectivity index (χ1) is 7.72. The van der Waals surface area contributed by atoms with E-state index in [2.05, 4.69) is 48.8 Å². The average Bonchev–Trinajstić information content (AvgIpc) is 2.28. The Morgan fingerprint density at radius 1 is 1.31 bits per heavy atom. The van der Waals surface area contributed by atoms with Crippen LogP contribution in [0.3, 0.4) is 0 Å². The van der Waals surface area contributed by atoms with Gasteiger partial charge in [-0.15, -0.1) is 0 Å². The predicted molar refractivity (Wildman–Crippen MR) is 70.3 cm³/mol. The van der Waals surface area contributed by atoms with Gasteiger partial charge in [0.1, 0.15) is 0 Å². The predicted octanol–water partition coefficient (Wildman–Crippen LogP) is 3.99.